The summed E-state index contributed by atoms with van der Waals surface area (Å²) < 4.78 is 15.6. The van der Waals surface area contributed by atoms with Gasteiger partial charge in [-0.1, -0.05) is 13.3 Å². The van der Waals surface area contributed by atoms with E-state index in [-0.39, 0.29) is 12.1 Å². The fourth-order valence-electron chi connectivity index (χ4n) is 1.15. The lowest BCUT2D eigenvalue weighted by Crippen LogP contribution is -2.21. The van der Waals surface area contributed by atoms with Crippen molar-refractivity contribution in [1.82, 2.24) is 0 Å². The van der Waals surface area contributed by atoms with Crippen molar-refractivity contribution in [3.8, 4) is 0 Å². The molecular formula is C12H24O4. The summed E-state index contributed by atoms with van der Waals surface area (Å²) in [5.74, 6) is -0.136. The first-order chi connectivity index (χ1) is 7.70. The largest absolute Gasteiger partial charge is 0.460 e. The van der Waals surface area contributed by atoms with Gasteiger partial charge in [-0.25, -0.2) is 0 Å². The van der Waals surface area contributed by atoms with Crippen molar-refractivity contribution < 1.29 is 19.0 Å². The molecule has 0 aliphatic carbocycles. The topological polar surface area (TPSA) is 44.8 Å². The fourth-order valence-corrected chi connectivity index (χ4v) is 1.15. The number of hydrogen-bond acceptors (Lipinski definition) is 4. The van der Waals surface area contributed by atoms with Crippen molar-refractivity contribution in [2.45, 2.75) is 46.1 Å². The third kappa shape index (κ3) is 9.93. The highest BCUT2D eigenvalue weighted by molar-refractivity contribution is 5.69. The van der Waals surface area contributed by atoms with Gasteiger partial charge in [0.15, 0.2) is 0 Å². The highest BCUT2D eigenvalue weighted by atomic mass is 16.6. The van der Waals surface area contributed by atoms with E-state index in [0.29, 0.717) is 32.8 Å². The number of carbonyl (C=O) groups excluding carboxylic acids is 1. The predicted octanol–water partition coefficient (Wildman–Crippen LogP) is 2.16. The minimum Gasteiger partial charge on any atom is -0.460 e. The minimum atomic E-state index is -0.175. The van der Waals surface area contributed by atoms with Gasteiger partial charge in [0.05, 0.1) is 19.8 Å². The molecule has 1 unspecified atom stereocenters. The Balaban J connectivity index is 3.35. The van der Waals surface area contributed by atoms with Crippen LogP contribution in [0.25, 0.3) is 0 Å². The van der Waals surface area contributed by atoms with E-state index in [1.807, 2.05) is 20.8 Å². The molecule has 0 aromatic carbocycles. The zero-order chi connectivity index (χ0) is 12.2. The fraction of sp³-hybridized carbons (Fsp3) is 0.917. The Kier molecular flexibility index (Phi) is 10.5. The molecule has 0 spiro atoms. The van der Waals surface area contributed by atoms with Gasteiger partial charge in [-0.05, 0) is 20.3 Å². The lowest BCUT2D eigenvalue weighted by atomic mass is 10.2. The van der Waals surface area contributed by atoms with E-state index in [9.17, 15) is 4.79 Å². The standard InChI is InChI=1S/C12H24O4/c1-4-6-7-12(13)16-11(3)10-15-9-8-14-5-2/h11H,4-10H2,1-3H3. The van der Waals surface area contributed by atoms with Crippen LogP contribution in [0.5, 0.6) is 0 Å². The van der Waals surface area contributed by atoms with Gasteiger partial charge in [-0.3, -0.25) is 4.79 Å². The number of rotatable bonds is 10. The first-order valence-corrected chi connectivity index (χ1v) is 6.05. The van der Waals surface area contributed by atoms with Crippen LogP contribution in [0.1, 0.15) is 40.0 Å². The Hall–Kier alpha value is -0.610. The molecule has 0 aliphatic rings. The Morgan fingerprint density at radius 3 is 2.50 bits per heavy atom. The first kappa shape index (κ1) is 15.4. The number of esters is 1. The Bertz CT molecular complexity index is 170. The van der Waals surface area contributed by atoms with Crippen molar-refractivity contribution in [3.63, 3.8) is 0 Å². The van der Waals surface area contributed by atoms with E-state index < -0.39 is 0 Å². The van der Waals surface area contributed by atoms with Crippen LogP contribution < -0.4 is 0 Å². The van der Waals surface area contributed by atoms with Crippen LogP contribution in [-0.2, 0) is 19.0 Å². The molecule has 0 bridgehead atoms. The molecule has 0 saturated carbocycles. The number of carbonyl (C=O) groups is 1. The number of hydrogen-bond donors (Lipinski definition) is 0. The molecule has 4 heteroatoms. The van der Waals surface area contributed by atoms with Gasteiger partial charge < -0.3 is 14.2 Å². The Labute approximate surface area is 98.3 Å². The molecule has 0 heterocycles. The molecule has 0 aliphatic heterocycles. The summed E-state index contributed by atoms with van der Waals surface area (Å²) in [6.07, 6.45) is 2.22. The van der Waals surface area contributed by atoms with Crippen LogP contribution in [0, 0.1) is 0 Å². The molecule has 0 saturated heterocycles. The van der Waals surface area contributed by atoms with Gasteiger partial charge in [0, 0.05) is 13.0 Å². The summed E-state index contributed by atoms with van der Waals surface area (Å²) >= 11 is 0. The monoisotopic (exact) mass is 232 g/mol. The van der Waals surface area contributed by atoms with Gasteiger partial charge in [-0.2, -0.15) is 0 Å². The molecule has 0 aromatic rings. The van der Waals surface area contributed by atoms with Gasteiger partial charge in [0.2, 0.25) is 0 Å². The van der Waals surface area contributed by atoms with Crippen LogP contribution in [0.3, 0.4) is 0 Å². The molecule has 0 aromatic heterocycles. The van der Waals surface area contributed by atoms with Crippen molar-refractivity contribution in [3.05, 3.63) is 0 Å². The average molecular weight is 232 g/mol. The molecule has 0 fully saturated rings. The van der Waals surface area contributed by atoms with E-state index in [1.165, 1.54) is 0 Å². The normalized spacial score (nSPS) is 12.4. The average Bonchev–Trinajstić information content (AvgIpc) is 2.26. The van der Waals surface area contributed by atoms with E-state index >= 15 is 0 Å². The predicted molar refractivity (Wildman–Crippen MR) is 62.4 cm³/mol. The molecular weight excluding hydrogens is 208 g/mol. The molecule has 0 N–H and O–H groups in total. The van der Waals surface area contributed by atoms with Crippen molar-refractivity contribution in [2.75, 3.05) is 26.4 Å². The summed E-state index contributed by atoms with van der Waals surface area (Å²) in [5, 5.41) is 0. The molecule has 0 rings (SSSR count). The summed E-state index contributed by atoms with van der Waals surface area (Å²) in [7, 11) is 0. The minimum absolute atomic E-state index is 0.136. The third-order valence-corrected chi connectivity index (χ3v) is 2.00. The smallest absolute Gasteiger partial charge is 0.306 e. The summed E-state index contributed by atoms with van der Waals surface area (Å²) in [5.41, 5.74) is 0. The van der Waals surface area contributed by atoms with Gasteiger partial charge >= 0.3 is 5.97 Å². The highest BCUT2D eigenvalue weighted by Crippen LogP contribution is 2.00. The number of unbranched alkanes of at least 4 members (excludes halogenated alkanes) is 1. The van der Waals surface area contributed by atoms with Crippen LogP contribution in [-0.4, -0.2) is 38.5 Å². The van der Waals surface area contributed by atoms with Crippen molar-refractivity contribution >= 4 is 5.97 Å². The van der Waals surface area contributed by atoms with Crippen LogP contribution in [0.2, 0.25) is 0 Å². The van der Waals surface area contributed by atoms with Gasteiger partial charge in [0.25, 0.3) is 0 Å². The lowest BCUT2D eigenvalue weighted by molar-refractivity contribution is -0.151. The molecule has 16 heavy (non-hydrogen) atoms. The van der Waals surface area contributed by atoms with Crippen LogP contribution in [0.4, 0.5) is 0 Å². The summed E-state index contributed by atoms with van der Waals surface area (Å²) in [6.45, 7) is 8.10. The molecule has 1 atom stereocenters. The van der Waals surface area contributed by atoms with Crippen LogP contribution in [0.15, 0.2) is 0 Å². The van der Waals surface area contributed by atoms with E-state index in [4.69, 9.17) is 14.2 Å². The summed E-state index contributed by atoms with van der Waals surface area (Å²) in [4.78, 5) is 11.2. The number of ether oxygens (including phenoxy) is 3. The van der Waals surface area contributed by atoms with E-state index in [2.05, 4.69) is 0 Å². The summed E-state index contributed by atoms with van der Waals surface area (Å²) in [6, 6.07) is 0. The highest BCUT2D eigenvalue weighted by Gasteiger charge is 2.08. The maximum atomic E-state index is 11.2. The molecule has 0 amide bonds. The zero-order valence-corrected chi connectivity index (χ0v) is 10.7. The van der Waals surface area contributed by atoms with Crippen molar-refractivity contribution in [1.29, 1.82) is 0 Å². The lowest BCUT2D eigenvalue weighted by Gasteiger charge is -2.13. The first-order valence-electron chi connectivity index (χ1n) is 6.05. The molecule has 96 valence electrons. The molecule has 0 radical (unpaired) electrons. The molecule has 4 nitrogen and oxygen atoms in total. The Morgan fingerprint density at radius 2 is 1.88 bits per heavy atom. The second-order valence-corrected chi connectivity index (χ2v) is 3.68. The van der Waals surface area contributed by atoms with Crippen LogP contribution >= 0.6 is 0 Å². The second kappa shape index (κ2) is 10.9. The second-order valence-electron chi connectivity index (χ2n) is 3.68. The van der Waals surface area contributed by atoms with Crippen molar-refractivity contribution in [2.24, 2.45) is 0 Å². The van der Waals surface area contributed by atoms with Gasteiger partial charge in [0.1, 0.15) is 6.10 Å². The maximum Gasteiger partial charge on any atom is 0.306 e. The van der Waals surface area contributed by atoms with E-state index in [1.54, 1.807) is 0 Å². The SMILES string of the molecule is CCCCC(=O)OC(C)COCCOCC. The van der Waals surface area contributed by atoms with Gasteiger partial charge in [-0.15, -0.1) is 0 Å². The maximum absolute atomic E-state index is 11.2. The third-order valence-electron chi connectivity index (χ3n) is 2.00. The zero-order valence-electron chi connectivity index (χ0n) is 10.7. The quantitative estimate of drug-likeness (QED) is 0.428. The Morgan fingerprint density at radius 1 is 1.19 bits per heavy atom. The van der Waals surface area contributed by atoms with E-state index in [0.717, 1.165) is 12.8 Å².